The van der Waals surface area contributed by atoms with Crippen LogP contribution in [0.25, 0.3) is 0 Å². The van der Waals surface area contributed by atoms with E-state index in [2.05, 4.69) is 22.5 Å². The van der Waals surface area contributed by atoms with Crippen molar-refractivity contribution in [2.24, 2.45) is 0 Å². The van der Waals surface area contributed by atoms with Gasteiger partial charge in [0.25, 0.3) is 0 Å². The smallest absolute Gasteiger partial charge is 0.171 e. The van der Waals surface area contributed by atoms with Gasteiger partial charge in [0.05, 0.1) is 0 Å². The fourth-order valence-corrected chi connectivity index (χ4v) is 1.54. The summed E-state index contributed by atoms with van der Waals surface area (Å²) < 4.78 is 0. The average molecular weight is 237 g/mol. The molecule has 0 aliphatic rings. The first-order valence-corrected chi connectivity index (χ1v) is 6.11. The second-order valence-electron chi connectivity index (χ2n) is 3.76. The van der Waals surface area contributed by atoms with Crippen LogP contribution in [-0.2, 0) is 0 Å². The fourth-order valence-electron chi connectivity index (χ4n) is 1.35. The second kappa shape index (κ2) is 7.17. The van der Waals surface area contributed by atoms with Gasteiger partial charge >= 0.3 is 0 Å². The lowest BCUT2D eigenvalue weighted by Crippen LogP contribution is -2.29. The van der Waals surface area contributed by atoms with E-state index in [1.54, 1.807) is 6.20 Å². The summed E-state index contributed by atoms with van der Waals surface area (Å²) in [4.78, 5) is 4.22. The highest BCUT2D eigenvalue weighted by molar-refractivity contribution is 7.80. The van der Waals surface area contributed by atoms with Crippen LogP contribution < -0.4 is 10.6 Å². The van der Waals surface area contributed by atoms with Gasteiger partial charge in [-0.1, -0.05) is 25.8 Å². The normalized spacial score (nSPS) is 9.88. The number of thiocarbonyl (C=S) groups is 1. The Morgan fingerprint density at radius 2 is 2.25 bits per heavy atom. The first-order valence-electron chi connectivity index (χ1n) is 5.70. The van der Waals surface area contributed by atoms with E-state index in [-0.39, 0.29) is 0 Å². The molecule has 0 aromatic carbocycles. The lowest BCUT2D eigenvalue weighted by atomic mass is 10.2. The van der Waals surface area contributed by atoms with Crippen molar-refractivity contribution in [2.45, 2.75) is 33.1 Å². The van der Waals surface area contributed by atoms with Gasteiger partial charge in [0.2, 0.25) is 0 Å². The molecule has 0 aliphatic carbocycles. The molecule has 0 aliphatic heterocycles. The third-order valence-electron chi connectivity index (χ3n) is 2.31. The first-order chi connectivity index (χ1) is 7.74. The van der Waals surface area contributed by atoms with Crippen molar-refractivity contribution < 1.29 is 0 Å². The van der Waals surface area contributed by atoms with E-state index in [0.29, 0.717) is 5.11 Å². The van der Waals surface area contributed by atoms with Crippen LogP contribution >= 0.6 is 12.2 Å². The number of rotatable bonds is 5. The Balaban J connectivity index is 2.32. The largest absolute Gasteiger partial charge is 0.362 e. The highest BCUT2D eigenvalue weighted by Gasteiger charge is 2.00. The van der Waals surface area contributed by atoms with Crippen LogP contribution in [0.2, 0.25) is 0 Å². The number of aryl methyl sites for hydroxylation is 1. The van der Waals surface area contributed by atoms with Gasteiger partial charge in [0, 0.05) is 12.7 Å². The molecule has 2 N–H and O–H groups in total. The van der Waals surface area contributed by atoms with Crippen molar-refractivity contribution in [3.8, 4) is 0 Å². The standard InChI is InChI=1S/C12H19N3S/c1-3-4-5-8-14-12(16)15-11-10(2)7-6-9-13-11/h6-7,9H,3-5,8H2,1-2H3,(H2,13,14,15,16). The lowest BCUT2D eigenvalue weighted by molar-refractivity contribution is 0.697. The molecule has 0 amide bonds. The van der Waals surface area contributed by atoms with Crippen molar-refractivity contribution in [2.75, 3.05) is 11.9 Å². The summed E-state index contributed by atoms with van der Waals surface area (Å²) in [5.74, 6) is 0.829. The Labute approximate surface area is 103 Å². The maximum Gasteiger partial charge on any atom is 0.171 e. The molecule has 1 rings (SSSR count). The van der Waals surface area contributed by atoms with Gasteiger partial charge in [-0.05, 0) is 37.2 Å². The molecule has 0 radical (unpaired) electrons. The summed E-state index contributed by atoms with van der Waals surface area (Å²) >= 11 is 5.18. The number of hydrogen-bond acceptors (Lipinski definition) is 2. The summed E-state index contributed by atoms with van der Waals surface area (Å²) in [5.41, 5.74) is 1.10. The molecule has 1 aromatic rings. The van der Waals surface area contributed by atoms with Crippen LogP contribution in [0.4, 0.5) is 5.82 Å². The van der Waals surface area contributed by atoms with Crippen LogP contribution in [0.5, 0.6) is 0 Å². The molecule has 0 saturated heterocycles. The molecule has 0 spiro atoms. The van der Waals surface area contributed by atoms with Crippen molar-refractivity contribution in [3.63, 3.8) is 0 Å². The highest BCUT2D eigenvalue weighted by Crippen LogP contribution is 2.08. The molecule has 88 valence electrons. The Kier molecular flexibility index (Phi) is 5.78. The molecule has 3 nitrogen and oxygen atoms in total. The summed E-state index contributed by atoms with van der Waals surface area (Å²) in [6.07, 6.45) is 5.37. The van der Waals surface area contributed by atoms with Crippen LogP contribution in [-0.4, -0.2) is 16.6 Å². The Bertz CT molecular complexity index is 339. The minimum Gasteiger partial charge on any atom is -0.362 e. The number of pyridine rings is 1. The number of unbranched alkanes of at least 4 members (excludes halogenated alkanes) is 2. The van der Waals surface area contributed by atoms with Crippen molar-refractivity contribution in [3.05, 3.63) is 23.9 Å². The second-order valence-corrected chi connectivity index (χ2v) is 4.17. The van der Waals surface area contributed by atoms with Gasteiger partial charge in [0.15, 0.2) is 5.11 Å². The summed E-state index contributed by atoms with van der Waals surface area (Å²) in [5, 5.41) is 6.92. The third kappa shape index (κ3) is 4.57. The maximum atomic E-state index is 5.18. The van der Waals surface area contributed by atoms with E-state index in [9.17, 15) is 0 Å². The number of aromatic nitrogens is 1. The topological polar surface area (TPSA) is 37.0 Å². The van der Waals surface area contributed by atoms with E-state index < -0.39 is 0 Å². The van der Waals surface area contributed by atoms with Crippen molar-refractivity contribution in [1.29, 1.82) is 0 Å². The van der Waals surface area contributed by atoms with Crippen LogP contribution in [0.3, 0.4) is 0 Å². The van der Waals surface area contributed by atoms with Crippen LogP contribution in [0, 0.1) is 6.92 Å². The maximum absolute atomic E-state index is 5.18. The molecule has 1 aromatic heterocycles. The van der Waals surface area contributed by atoms with E-state index >= 15 is 0 Å². The summed E-state index contributed by atoms with van der Waals surface area (Å²) in [7, 11) is 0. The quantitative estimate of drug-likeness (QED) is 0.610. The van der Waals surface area contributed by atoms with Crippen LogP contribution in [0.1, 0.15) is 31.7 Å². The average Bonchev–Trinajstić information content (AvgIpc) is 2.28. The van der Waals surface area contributed by atoms with Crippen molar-refractivity contribution >= 4 is 23.1 Å². The molecule has 0 atom stereocenters. The predicted molar refractivity (Wildman–Crippen MR) is 72.7 cm³/mol. The minimum atomic E-state index is 0.651. The van der Waals surface area contributed by atoms with Gasteiger partial charge in [-0.15, -0.1) is 0 Å². The minimum absolute atomic E-state index is 0.651. The third-order valence-corrected chi connectivity index (χ3v) is 2.55. The highest BCUT2D eigenvalue weighted by atomic mass is 32.1. The number of hydrogen-bond donors (Lipinski definition) is 2. The predicted octanol–water partition coefficient (Wildman–Crippen LogP) is 2.87. The van der Waals surface area contributed by atoms with E-state index in [1.807, 2.05) is 19.1 Å². The molecule has 0 unspecified atom stereocenters. The fraction of sp³-hybridized carbons (Fsp3) is 0.500. The number of anilines is 1. The van der Waals surface area contributed by atoms with E-state index in [0.717, 1.165) is 24.3 Å². The zero-order valence-corrected chi connectivity index (χ0v) is 10.7. The summed E-state index contributed by atoms with van der Waals surface area (Å²) in [6.45, 7) is 5.12. The molecule has 0 bridgehead atoms. The molecular weight excluding hydrogens is 218 g/mol. The molecule has 1 heterocycles. The SMILES string of the molecule is CCCCCNC(=S)Nc1ncccc1C. The molecule has 16 heavy (non-hydrogen) atoms. The van der Waals surface area contributed by atoms with Gasteiger partial charge in [-0.25, -0.2) is 4.98 Å². The van der Waals surface area contributed by atoms with Gasteiger partial charge in [-0.2, -0.15) is 0 Å². The van der Waals surface area contributed by atoms with Gasteiger partial charge in [0.1, 0.15) is 5.82 Å². The van der Waals surface area contributed by atoms with Crippen LogP contribution in [0.15, 0.2) is 18.3 Å². The number of nitrogens with zero attached hydrogens (tertiary/aromatic N) is 1. The van der Waals surface area contributed by atoms with E-state index in [1.165, 1.54) is 12.8 Å². The molecular formula is C12H19N3S. The Hall–Kier alpha value is -1.16. The zero-order chi connectivity index (χ0) is 11.8. The monoisotopic (exact) mass is 237 g/mol. The lowest BCUT2D eigenvalue weighted by Gasteiger charge is -2.10. The van der Waals surface area contributed by atoms with Gasteiger partial charge in [-0.3, -0.25) is 0 Å². The summed E-state index contributed by atoms with van der Waals surface area (Å²) in [6, 6.07) is 3.92. The Morgan fingerprint density at radius 1 is 1.44 bits per heavy atom. The van der Waals surface area contributed by atoms with Crippen molar-refractivity contribution in [1.82, 2.24) is 10.3 Å². The van der Waals surface area contributed by atoms with Gasteiger partial charge < -0.3 is 10.6 Å². The van der Waals surface area contributed by atoms with E-state index in [4.69, 9.17) is 12.2 Å². The molecule has 4 heteroatoms. The Morgan fingerprint density at radius 3 is 2.94 bits per heavy atom. The molecule has 0 fully saturated rings. The molecule has 0 saturated carbocycles. The zero-order valence-electron chi connectivity index (χ0n) is 9.92. The number of nitrogens with one attached hydrogen (secondary N) is 2. The first kappa shape index (κ1) is 12.9.